The Morgan fingerprint density at radius 2 is 1.73 bits per heavy atom. The van der Waals surface area contributed by atoms with E-state index in [9.17, 15) is 14.4 Å². The number of aromatic nitrogens is 1. The molecular weight excluding hydrogens is 667 g/mol. The van der Waals surface area contributed by atoms with E-state index in [2.05, 4.69) is 22.2 Å². The zero-order chi connectivity index (χ0) is 34.8. The van der Waals surface area contributed by atoms with Crippen molar-refractivity contribution in [2.75, 3.05) is 84.1 Å². The number of nitrogens with zero attached hydrogens (tertiary/aromatic N) is 5. The van der Waals surface area contributed by atoms with Gasteiger partial charge in [-0.1, -0.05) is 25.6 Å². The van der Waals surface area contributed by atoms with Crippen molar-refractivity contribution in [1.29, 1.82) is 0 Å². The van der Waals surface area contributed by atoms with Crippen molar-refractivity contribution in [3.8, 4) is 17.2 Å². The SMILES string of the molecule is C.CN1CCN(CCC(=O)N[C@@H]2CCN(c3c(F)cc4c(=O)c(C(=O)N5CCOCC5)cn5c4c3Oc3cc4c(cc3-5)oc3ccccc34)C2)CC1. The van der Waals surface area contributed by atoms with Crippen molar-refractivity contribution < 1.29 is 27.9 Å². The van der Waals surface area contributed by atoms with Crippen LogP contribution in [-0.4, -0.2) is 116 Å². The highest BCUT2D eigenvalue weighted by atomic mass is 19.1. The minimum absolute atomic E-state index is 0. The number of likely N-dealkylation sites (N-methyl/N-ethyl adjacent to an activating group) is 1. The molecular formula is C39H43FN6O6. The lowest BCUT2D eigenvalue weighted by molar-refractivity contribution is -0.122. The van der Waals surface area contributed by atoms with Gasteiger partial charge in [0.15, 0.2) is 17.3 Å². The molecule has 1 N–H and O–H groups in total. The number of halogens is 1. The van der Waals surface area contributed by atoms with Gasteiger partial charge in [0.25, 0.3) is 5.91 Å². The molecule has 0 aliphatic carbocycles. The number of carbonyl (C=O) groups is 2. The fourth-order valence-corrected chi connectivity index (χ4v) is 7.92. The van der Waals surface area contributed by atoms with Crippen LogP contribution < -0.4 is 20.4 Å². The smallest absolute Gasteiger partial charge is 0.259 e. The molecule has 5 aromatic rings. The summed E-state index contributed by atoms with van der Waals surface area (Å²) in [5, 5.41) is 4.94. The molecule has 4 aliphatic rings. The van der Waals surface area contributed by atoms with Gasteiger partial charge in [0, 0.05) is 94.4 Å². The van der Waals surface area contributed by atoms with Gasteiger partial charge in [0.05, 0.1) is 24.3 Å². The van der Waals surface area contributed by atoms with E-state index in [1.807, 2.05) is 41.3 Å². The maximum atomic E-state index is 16.5. The van der Waals surface area contributed by atoms with Gasteiger partial charge in [-0.15, -0.1) is 0 Å². The molecule has 4 aliphatic heterocycles. The number of fused-ring (bicyclic) bond motifs is 5. The number of anilines is 1. The third-order valence-corrected chi connectivity index (χ3v) is 10.8. The van der Waals surface area contributed by atoms with Gasteiger partial charge in [-0.25, -0.2) is 4.39 Å². The first-order valence-corrected chi connectivity index (χ1v) is 17.7. The molecule has 0 spiro atoms. The quantitative estimate of drug-likeness (QED) is 0.266. The number of rotatable bonds is 6. The molecule has 6 heterocycles. The summed E-state index contributed by atoms with van der Waals surface area (Å²) in [6.07, 6.45) is 2.59. The van der Waals surface area contributed by atoms with E-state index in [1.165, 1.54) is 6.07 Å². The summed E-state index contributed by atoms with van der Waals surface area (Å²) < 4.78 is 36.5. The Bertz CT molecular complexity index is 2270. The highest BCUT2D eigenvalue weighted by Crippen LogP contribution is 2.49. The number of nitrogens with one attached hydrogen (secondary N) is 1. The van der Waals surface area contributed by atoms with Crippen LogP contribution in [0.2, 0.25) is 0 Å². The standard InChI is InChI=1S/C38H39FN6O6.CH4/c1-41-10-12-42(13-11-41)8-7-33(46)40-23-6-9-44(21-23)35-28(39)18-26-34-37(35)51-32-19-25-24-4-2-3-5-30(24)50-31(25)20-29(32)45(34)22-27(36(26)47)38(48)43-14-16-49-17-15-43;/h2-5,18-20,22-23H,6-17,21H2,1H3,(H,40,46);1H4/t23-;/m1./s1. The fraction of sp³-hybridized carbons (Fsp3) is 0.410. The summed E-state index contributed by atoms with van der Waals surface area (Å²) >= 11 is 0. The Kier molecular flexibility index (Phi) is 8.88. The average Bonchev–Trinajstić information content (AvgIpc) is 3.75. The van der Waals surface area contributed by atoms with E-state index in [1.54, 1.807) is 15.7 Å². The number of para-hydroxylation sites is 1. The van der Waals surface area contributed by atoms with Crippen molar-refractivity contribution in [2.45, 2.75) is 26.3 Å². The summed E-state index contributed by atoms with van der Waals surface area (Å²) in [5.74, 6) is -0.430. The summed E-state index contributed by atoms with van der Waals surface area (Å²) in [7, 11) is 2.11. The first-order valence-electron chi connectivity index (χ1n) is 17.7. The molecule has 9 rings (SSSR count). The van der Waals surface area contributed by atoms with Crippen molar-refractivity contribution in [2.24, 2.45) is 0 Å². The number of carbonyl (C=O) groups excluding carboxylic acids is 2. The molecule has 0 saturated carbocycles. The number of furan rings is 1. The third kappa shape index (κ3) is 5.86. The second-order valence-electron chi connectivity index (χ2n) is 14.0. The Morgan fingerprint density at radius 3 is 2.54 bits per heavy atom. The van der Waals surface area contributed by atoms with Gasteiger partial charge in [-0.05, 0) is 31.7 Å². The maximum Gasteiger partial charge on any atom is 0.259 e. The van der Waals surface area contributed by atoms with Crippen LogP contribution in [-0.2, 0) is 9.53 Å². The van der Waals surface area contributed by atoms with Gasteiger partial charge in [-0.2, -0.15) is 0 Å². The molecule has 0 unspecified atom stereocenters. The Balaban J connectivity index is 0.00000387. The zero-order valence-electron chi connectivity index (χ0n) is 28.5. The molecule has 3 saturated heterocycles. The van der Waals surface area contributed by atoms with Crippen LogP contribution >= 0.6 is 0 Å². The van der Waals surface area contributed by atoms with Crippen molar-refractivity contribution in [3.05, 3.63) is 70.3 Å². The molecule has 0 bridgehead atoms. The first-order chi connectivity index (χ1) is 24.8. The first kappa shape index (κ1) is 34.1. The van der Waals surface area contributed by atoms with Crippen molar-refractivity contribution in [1.82, 2.24) is 24.6 Å². The topological polar surface area (TPSA) is 113 Å². The van der Waals surface area contributed by atoms with Crippen LogP contribution in [0.3, 0.4) is 0 Å². The predicted molar refractivity (Wildman–Crippen MR) is 198 cm³/mol. The number of piperazine rings is 1. The minimum atomic E-state index is -0.627. The molecule has 3 fully saturated rings. The normalized spacial score (nSPS) is 19.2. The van der Waals surface area contributed by atoms with Crippen LogP contribution in [0.4, 0.5) is 10.1 Å². The van der Waals surface area contributed by atoms with Crippen LogP contribution in [0.25, 0.3) is 38.5 Å². The van der Waals surface area contributed by atoms with Crippen LogP contribution in [0.15, 0.2) is 57.9 Å². The summed E-state index contributed by atoms with van der Waals surface area (Å²) in [4.78, 5) is 48.9. The number of benzene rings is 3. The number of ether oxygens (including phenoxy) is 2. The number of morpholine rings is 1. The molecule has 52 heavy (non-hydrogen) atoms. The predicted octanol–water partition coefficient (Wildman–Crippen LogP) is 4.58. The minimum Gasteiger partial charge on any atom is -0.456 e. The molecule has 1 atom stereocenters. The van der Waals surface area contributed by atoms with E-state index >= 15 is 4.39 Å². The van der Waals surface area contributed by atoms with E-state index in [0.29, 0.717) is 86.9 Å². The molecule has 272 valence electrons. The second-order valence-corrected chi connectivity index (χ2v) is 14.0. The number of hydrogen-bond donors (Lipinski definition) is 1. The molecule has 0 radical (unpaired) electrons. The second kappa shape index (κ2) is 13.5. The van der Waals surface area contributed by atoms with Gasteiger partial charge >= 0.3 is 0 Å². The van der Waals surface area contributed by atoms with Gasteiger partial charge in [0.2, 0.25) is 11.3 Å². The number of amides is 2. The van der Waals surface area contributed by atoms with Gasteiger partial charge in [0.1, 0.15) is 27.9 Å². The largest absolute Gasteiger partial charge is 0.456 e. The van der Waals surface area contributed by atoms with Crippen LogP contribution in [0.5, 0.6) is 11.5 Å². The monoisotopic (exact) mass is 710 g/mol. The Morgan fingerprint density at radius 1 is 0.942 bits per heavy atom. The molecule has 2 amide bonds. The van der Waals surface area contributed by atoms with Crippen LogP contribution in [0.1, 0.15) is 30.6 Å². The van der Waals surface area contributed by atoms with Gasteiger partial charge in [-0.3, -0.25) is 14.4 Å². The average molecular weight is 711 g/mol. The highest BCUT2D eigenvalue weighted by molar-refractivity contribution is 6.07. The number of hydrogen-bond acceptors (Lipinski definition) is 9. The van der Waals surface area contributed by atoms with E-state index in [4.69, 9.17) is 13.9 Å². The summed E-state index contributed by atoms with van der Waals surface area (Å²) in [6, 6.07) is 12.5. The van der Waals surface area contributed by atoms with Crippen molar-refractivity contribution in [3.63, 3.8) is 0 Å². The van der Waals surface area contributed by atoms with E-state index in [-0.39, 0.29) is 41.8 Å². The fourth-order valence-electron chi connectivity index (χ4n) is 7.92. The lowest BCUT2D eigenvalue weighted by Gasteiger charge is -2.32. The molecule has 2 aromatic heterocycles. The summed E-state index contributed by atoms with van der Waals surface area (Å²) in [5.41, 5.74) is 1.87. The number of pyridine rings is 1. The maximum absolute atomic E-state index is 16.5. The van der Waals surface area contributed by atoms with Gasteiger partial charge < -0.3 is 43.4 Å². The van der Waals surface area contributed by atoms with Crippen LogP contribution in [0, 0.1) is 5.82 Å². The molecule has 3 aromatic carbocycles. The lowest BCUT2D eigenvalue weighted by atomic mass is 10.0. The van der Waals surface area contributed by atoms with E-state index < -0.39 is 17.2 Å². The molecule has 13 heteroatoms. The lowest BCUT2D eigenvalue weighted by Crippen LogP contribution is -2.46. The van der Waals surface area contributed by atoms with E-state index in [0.717, 1.165) is 37.0 Å². The van der Waals surface area contributed by atoms with Crippen molar-refractivity contribution >= 4 is 50.3 Å². The molecule has 12 nitrogen and oxygen atoms in total. The summed E-state index contributed by atoms with van der Waals surface area (Å²) in [6.45, 7) is 6.94. The zero-order valence-corrected chi connectivity index (χ0v) is 28.5. The third-order valence-electron chi connectivity index (χ3n) is 10.8. The highest BCUT2D eigenvalue weighted by Gasteiger charge is 2.35. The Labute approximate surface area is 300 Å². The Hall–Kier alpha value is -4.98.